The van der Waals surface area contributed by atoms with E-state index in [1.807, 2.05) is 38.1 Å². The number of nitrogens with one attached hydrogen (secondary N) is 1. The smallest absolute Gasteiger partial charge is 0.242 e. The number of sulfone groups is 1. The molecule has 0 fully saturated rings. The summed E-state index contributed by atoms with van der Waals surface area (Å²) in [4.78, 5) is 16.0. The highest BCUT2D eigenvalue weighted by Gasteiger charge is 2.30. The van der Waals surface area contributed by atoms with Gasteiger partial charge in [0.1, 0.15) is 11.0 Å². The Hall–Kier alpha value is -2.22. The van der Waals surface area contributed by atoms with Gasteiger partial charge in [-0.15, -0.1) is 0 Å². The molecule has 1 amide bonds. The zero-order chi connectivity index (χ0) is 17.7. The largest absolute Gasteiger partial charge is 0.355 e. The van der Waals surface area contributed by atoms with Crippen molar-refractivity contribution >= 4 is 15.7 Å². The van der Waals surface area contributed by atoms with Gasteiger partial charge in [-0.3, -0.25) is 4.79 Å². The first-order chi connectivity index (χ1) is 11.3. The quantitative estimate of drug-likeness (QED) is 0.817. The highest BCUT2D eigenvalue weighted by molar-refractivity contribution is 7.92. The van der Waals surface area contributed by atoms with Crippen molar-refractivity contribution in [1.82, 2.24) is 15.5 Å². The highest BCUT2D eigenvalue weighted by Crippen LogP contribution is 2.21. The third-order valence-corrected chi connectivity index (χ3v) is 5.58. The third-order valence-electron chi connectivity index (χ3n) is 3.64. The van der Waals surface area contributed by atoms with E-state index in [2.05, 4.69) is 15.5 Å². The lowest BCUT2D eigenvalue weighted by Crippen LogP contribution is -2.38. The van der Waals surface area contributed by atoms with Gasteiger partial charge in [0.05, 0.1) is 0 Å². The maximum Gasteiger partial charge on any atom is 0.242 e. The second kappa shape index (κ2) is 7.57. The summed E-state index contributed by atoms with van der Waals surface area (Å²) in [5, 5.41) is 5.24. The van der Waals surface area contributed by atoms with E-state index in [9.17, 15) is 13.2 Å². The van der Waals surface area contributed by atoms with Crippen LogP contribution in [0.25, 0.3) is 11.4 Å². The highest BCUT2D eigenvalue weighted by atomic mass is 32.2. The minimum Gasteiger partial charge on any atom is -0.355 e. The number of aromatic nitrogens is 2. The van der Waals surface area contributed by atoms with Crippen molar-refractivity contribution in [2.24, 2.45) is 0 Å². The molecule has 0 aliphatic rings. The molecule has 1 N–H and O–H groups in total. The molecular weight excluding hydrogens is 330 g/mol. The van der Waals surface area contributed by atoms with Gasteiger partial charge in [0, 0.05) is 12.1 Å². The van der Waals surface area contributed by atoms with Crippen LogP contribution in [0.15, 0.2) is 28.8 Å². The fourth-order valence-electron chi connectivity index (χ4n) is 2.10. The van der Waals surface area contributed by atoms with Gasteiger partial charge in [-0.25, -0.2) is 8.42 Å². The molecule has 130 valence electrons. The number of hydrogen-bond donors (Lipinski definition) is 1. The van der Waals surface area contributed by atoms with Crippen molar-refractivity contribution in [2.75, 3.05) is 6.54 Å². The standard InChI is InChI=1S/C16H21N3O4S/c1-4-9-17-16(20)12(3)24(21,22)10-14-18-15(19-23-14)13-8-6-5-7-11(13)2/h5-8,12H,4,9-10H2,1-3H3,(H,17,20)/t12-/m1/s1. The fraction of sp³-hybridized carbons (Fsp3) is 0.438. The van der Waals surface area contributed by atoms with Crippen molar-refractivity contribution in [3.63, 3.8) is 0 Å². The SMILES string of the molecule is CCCNC(=O)[C@@H](C)S(=O)(=O)Cc1nc(-c2ccccc2C)no1. The molecule has 0 spiro atoms. The average Bonchev–Trinajstić information content (AvgIpc) is 2.99. The summed E-state index contributed by atoms with van der Waals surface area (Å²) in [5.74, 6) is -0.674. The second-order valence-electron chi connectivity index (χ2n) is 5.57. The van der Waals surface area contributed by atoms with Gasteiger partial charge >= 0.3 is 0 Å². The summed E-state index contributed by atoms with van der Waals surface area (Å²) in [6.45, 7) is 5.60. The van der Waals surface area contributed by atoms with E-state index < -0.39 is 26.7 Å². The molecular formula is C16H21N3O4S. The van der Waals surface area contributed by atoms with Gasteiger partial charge in [0.25, 0.3) is 0 Å². The molecule has 8 heteroatoms. The van der Waals surface area contributed by atoms with Crippen molar-refractivity contribution in [2.45, 2.75) is 38.2 Å². The summed E-state index contributed by atoms with van der Waals surface area (Å²) in [6, 6.07) is 7.47. The summed E-state index contributed by atoms with van der Waals surface area (Å²) >= 11 is 0. The maximum atomic E-state index is 12.3. The Morgan fingerprint density at radius 1 is 1.33 bits per heavy atom. The van der Waals surface area contributed by atoms with E-state index in [0.717, 1.165) is 17.5 Å². The number of carbonyl (C=O) groups excluding carboxylic acids is 1. The summed E-state index contributed by atoms with van der Waals surface area (Å²) in [5.41, 5.74) is 1.73. The summed E-state index contributed by atoms with van der Waals surface area (Å²) in [7, 11) is -3.73. The van der Waals surface area contributed by atoms with Crippen molar-refractivity contribution in [1.29, 1.82) is 0 Å². The van der Waals surface area contributed by atoms with E-state index in [1.165, 1.54) is 6.92 Å². The van der Waals surface area contributed by atoms with Crippen molar-refractivity contribution in [3.05, 3.63) is 35.7 Å². The average molecular weight is 351 g/mol. The third kappa shape index (κ3) is 4.19. The second-order valence-corrected chi connectivity index (χ2v) is 7.89. The predicted molar refractivity (Wildman–Crippen MR) is 89.9 cm³/mol. The molecule has 1 aromatic heterocycles. The molecule has 7 nitrogen and oxygen atoms in total. The lowest BCUT2D eigenvalue weighted by Gasteiger charge is -2.11. The van der Waals surface area contributed by atoms with E-state index in [4.69, 9.17) is 4.52 Å². The van der Waals surface area contributed by atoms with Crippen LogP contribution >= 0.6 is 0 Å². The van der Waals surface area contributed by atoms with Crippen LogP contribution in [0.3, 0.4) is 0 Å². The van der Waals surface area contributed by atoms with Crippen LogP contribution in [0.1, 0.15) is 31.7 Å². The molecule has 0 aliphatic carbocycles. The molecule has 0 radical (unpaired) electrons. The van der Waals surface area contributed by atoms with Gasteiger partial charge in [0.2, 0.25) is 17.6 Å². The monoisotopic (exact) mass is 351 g/mol. The Morgan fingerprint density at radius 3 is 2.71 bits per heavy atom. The zero-order valence-corrected chi connectivity index (χ0v) is 14.8. The number of rotatable bonds is 7. The van der Waals surface area contributed by atoms with Crippen LogP contribution < -0.4 is 5.32 Å². The maximum absolute atomic E-state index is 12.3. The molecule has 2 aromatic rings. The predicted octanol–water partition coefficient (Wildman–Crippen LogP) is 1.87. The van der Waals surface area contributed by atoms with Crippen LogP contribution in [0.2, 0.25) is 0 Å². The topological polar surface area (TPSA) is 102 Å². The fourth-order valence-corrected chi connectivity index (χ4v) is 3.22. The van der Waals surface area contributed by atoms with Crippen LogP contribution in [-0.2, 0) is 20.4 Å². The molecule has 1 aromatic carbocycles. The number of benzene rings is 1. The lowest BCUT2D eigenvalue weighted by atomic mass is 10.1. The minimum atomic E-state index is -3.73. The van der Waals surface area contributed by atoms with E-state index in [-0.39, 0.29) is 5.89 Å². The molecule has 1 atom stereocenters. The van der Waals surface area contributed by atoms with Gasteiger partial charge in [-0.1, -0.05) is 36.3 Å². The molecule has 0 saturated carbocycles. The molecule has 1 heterocycles. The Balaban J connectivity index is 2.14. The van der Waals surface area contributed by atoms with Gasteiger partial charge in [0.15, 0.2) is 9.84 Å². The number of amides is 1. The molecule has 0 saturated heterocycles. The Bertz CT molecular complexity index is 814. The normalized spacial score (nSPS) is 12.8. The van der Waals surface area contributed by atoms with Crippen molar-refractivity contribution in [3.8, 4) is 11.4 Å². The molecule has 0 aliphatic heterocycles. The molecule has 24 heavy (non-hydrogen) atoms. The zero-order valence-electron chi connectivity index (χ0n) is 13.9. The molecule has 0 bridgehead atoms. The number of carbonyl (C=O) groups is 1. The first kappa shape index (κ1) is 18.1. The van der Waals surface area contributed by atoms with Gasteiger partial charge < -0.3 is 9.84 Å². The van der Waals surface area contributed by atoms with E-state index in [0.29, 0.717) is 12.4 Å². The van der Waals surface area contributed by atoms with Crippen LogP contribution in [-0.4, -0.2) is 36.3 Å². The molecule has 2 rings (SSSR count). The number of hydrogen-bond acceptors (Lipinski definition) is 6. The van der Waals surface area contributed by atoms with Crippen LogP contribution in [0.5, 0.6) is 0 Å². The summed E-state index contributed by atoms with van der Waals surface area (Å²) in [6.07, 6.45) is 0.738. The number of nitrogens with zero attached hydrogens (tertiary/aromatic N) is 2. The first-order valence-electron chi connectivity index (χ1n) is 7.73. The number of aryl methyl sites for hydroxylation is 1. The molecule has 0 unspecified atom stereocenters. The minimum absolute atomic E-state index is 0.0246. The summed E-state index contributed by atoms with van der Waals surface area (Å²) < 4.78 is 29.7. The lowest BCUT2D eigenvalue weighted by molar-refractivity contribution is -0.120. The van der Waals surface area contributed by atoms with Crippen LogP contribution in [0.4, 0.5) is 0 Å². The first-order valence-corrected chi connectivity index (χ1v) is 9.44. The Labute approximate surface area is 141 Å². The van der Waals surface area contributed by atoms with E-state index >= 15 is 0 Å². The van der Waals surface area contributed by atoms with Gasteiger partial charge in [-0.05, 0) is 25.8 Å². The van der Waals surface area contributed by atoms with E-state index in [1.54, 1.807) is 0 Å². The van der Waals surface area contributed by atoms with Crippen molar-refractivity contribution < 1.29 is 17.7 Å². The Kier molecular flexibility index (Phi) is 5.71. The van der Waals surface area contributed by atoms with Crippen LogP contribution in [0, 0.1) is 6.92 Å². The van der Waals surface area contributed by atoms with Gasteiger partial charge in [-0.2, -0.15) is 4.98 Å². The Morgan fingerprint density at radius 2 is 2.04 bits per heavy atom.